The molecular weight excluding hydrogens is 340 g/mol. The maximum atomic E-state index is 12.9. The molecule has 1 aromatic carbocycles. The van der Waals surface area contributed by atoms with Gasteiger partial charge in [0.1, 0.15) is 0 Å². The summed E-state index contributed by atoms with van der Waals surface area (Å²) in [6.45, 7) is 3.04. The predicted molar refractivity (Wildman–Crippen MR) is 92.9 cm³/mol. The van der Waals surface area contributed by atoms with Crippen molar-refractivity contribution < 1.29 is 4.79 Å². The first-order valence-corrected chi connectivity index (χ1v) is 9.25. The molecule has 1 saturated carbocycles. The van der Waals surface area contributed by atoms with Crippen molar-refractivity contribution in [2.45, 2.75) is 43.9 Å². The summed E-state index contributed by atoms with van der Waals surface area (Å²) in [5, 5.41) is 6.62. The molecule has 1 aromatic rings. The number of carbonyl (C=O) groups is 1. The Morgan fingerprint density at radius 3 is 2.86 bits per heavy atom. The molecule has 1 aliphatic heterocycles. The number of halogens is 1. The highest BCUT2D eigenvalue weighted by Crippen LogP contribution is 2.42. The van der Waals surface area contributed by atoms with Gasteiger partial charge in [-0.3, -0.25) is 4.79 Å². The molecule has 3 nitrogen and oxygen atoms in total. The molecule has 3 rings (SSSR count). The van der Waals surface area contributed by atoms with E-state index < -0.39 is 0 Å². The summed E-state index contributed by atoms with van der Waals surface area (Å²) in [6.07, 6.45) is 6.57. The summed E-state index contributed by atoms with van der Waals surface area (Å²) in [5.41, 5.74) is 0.858. The molecule has 1 amide bonds. The SMILES string of the molecule is O=C(NCCC1CCNC1)C1(c2cccc(Br)c2)CCCC1. The molecule has 22 heavy (non-hydrogen) atoms. The molecular formula is C18H25BrN2O. The average molecular weight is 365 g/mol. The lowest BCUT2D eigenvalue weighted by Crippen LogP contribution is -2.43. The fourth-order valence-corrected chi connectivity index (χ4v) is 4.33. The van der Waals surface area contributed by atoms with Gasteiger partial charge in [-0.05, 0) is 62.4 Å². The van der Waals surface area contributed by atoms with Gasteiger partial charge in [-0.25, -0.2) is 0 Å². The van der Waals surface area contributed by atoms with Crippen molar-refractivity contribution in [3.63, 3.8) is 0 Å². The quantitative estimate of drug-likeness (QED) is 0.840. The fraction of sp³-hybridized carbons (Fsp3) is 0.611. The van der Waals surface area contributed by atoms with Gasteiger partial charge in [-0.1, -0.05) is 40.9 Å². The third-order valence-corrected chi connectivity index (χ3v) is 5.76. The van der Waals surface area contributed by atoms with Gasteiger partial charge in [0.2, 0.25) is 5.91 Å². The highest BCUT2D eigenvalue weighted by Gasteiger charge is 2.42. The van der Waals surface area contributed by atoms with Crippen LogP contribution in [0.5, 0.6) is 0 Å². The van der Waals surface area contributed by atoms with E-state index in [1.54, 1.807) is 0 Å². The van der Waals surface area contributed by atoms with Gasteiger partial charge >= 0.3 is 0 Å². The molecule has 0 spiro atoms. The average Bonchev–Trinajstić information content (AvgIpc) is 3.19. The Bertz CT molecular complexity index is 520. The second kappa shape index (κ2) is 7.14. The molecule has 2 aliphatic rings. The van der Waals surface area contributed by atoms with E-state index in [-0.39, 0.29) is 11.3 Å². The molecule has 1 heterocycles. The topological polar surface area (TPSA) is 41.1 Å². The van der Waals surface area contributed by atoms with Crippen LogP contribution in [0, 0.1) is 5.92 Å². The van der Waals surface area contributed by atoms with Crippen LogP contribution in [-0.4, -0.2) is 25.5 Å². The van der Waals surface area contributed by atoms with Gasteiger partial charge < -0.3 is 10.6 Å². The zero-order chi connectivity index (χ0) is 15.4. The highest BCUT2D eigenvalue weighted by molar-refractivity contribution is 9.10. The van der Waals surface area contributed by atoms with E-state index >= 15 is 0 Å². The standard InChI is InChI=1S/C18H25BrN2O/c19-16-5-3-4-15(12-16)18(8-1-2-9-18)17(22)21-11-7-14-6-10-20-13-14/h3-5,12,14,20H,1-2,6-11,13H2,(H,21,22). The van der Waals surface area contributed by atoms with Crippen LogP contribution < -0.4 is 10.6 Å². The summed E-state index contributed by atoms with van der Waals surface area (Å²) in [7, 11) is 0. The van der Waals surface area contributed by atoms with Gasteiger partial charge in [0.15, 0.2) is 0 Å². The number of hydrogen-bond acceptors (Lipinski definition) is 2. The monoisotopic (exact) mass is 364 g/mol. The van der Waals surface area contributed by atoms with Crippen LogP contribution in [0.15, 0.2) is 28.7 Å². The minimum atomic E-state index is -0.308. The van der Waals surface area contributed by atoms with Gasteiger partial charge in [-0.15, -0.1) is 0 Å². The van der Waals surface area contributed by atoms with Crippen molar-refractivity contribution in [1.29, 1.82) is 0 Å². The van der Waals surface area contributed by atoms with Crippen molar-refractivity contribution in [3.8, 4) is 0 Å². The minimum Gasteiger partial charge on any atom is -0.355 e. The summed E-state index contributed by atoms with van der Waals surface area (Å²) < 4.78 is 1.06. The summed E-state index contributed by atoms with van der Waals surface area (Å²) in [5.74, 6) is 0.958. The van der Waals surface area contributed by atoms with Crippen LogP contribution in [0.3, 0.4) is 0 Å². The summed E-state index contributed by atoms with van der Waals surface area (Å²) in [4.78, 5) is 12.9. The zero-order valence-corrected chi connectivity index (χ0v) is 14.6. The van der Waals surface area contributed by atoms with Gasteiger partial charge in [0.05, 0.1) is 5.41 Å². The zero-order valence-electron chi connectivity index (χ0n) is 13.0. The highest BCUT2D eigenvalue weighted by atomic mass is 79.9. The van der Waals surface area contributed by atoms with E-state index in [4.69, 9.17) is 0 Å². The molecule has 2 fully saturated rings. The Labute approximate surface area is 141 Å². The van der Waals surface area contributed by atoms with Crippen LogP contribution in [0.25, 0.3) is 0 Å². The molecule has 1 aliphatic carbocycles. The Kier molecular flexibility index (Phi) is 5.19. The van der Waals surface area contributed by atoms with E-state index in [9.17, 15) is 4.79 Å². The maximum absolute atomic E-state index is 12.9. The smallest absolute Gasteiger partial charge is 0.230 e. The summed E-state index contributed by atoms with van der Waals surface area (Å²) in [6, 6.07) is 8.29. The Hall–Kier alpha value is -0.870. The van der Waals surface area contributed by atoms with E-state index in [1.807, 2.05) is 12.1 Å². The van der Waals surface area contributed by atoms with Crippen LogP contribution >= 0.6 is 15.9 Å². The first kappa shape index (κ1) is 16.0. The number of amides is 1. The van der Waals surface area contributed by atoms with Crippen LogP contribution in [0.1, 0.15) is 44.1 Å². The molecule has 0 aromatic heterocycles. The molecule has 4 heteroatoms. The van der Waals surface area contributed by atoms with Crippen molar-refractivity contribution >= 4 is 21.8 Å². The van der Waals surface area contributed by atoms with Crippen molar-refractivity contribution in [2.24, 2.45) is 5.92 Å². The van der Waals surface area contributed by atoms with Crippen LogP contribution in [0.2, 0.25) is 0 Å². The van der Waals surface area contributed by atoms with Crippen molar-refractivity contribution in [3.05, 3.63) is 34.3 Å². The van der Waals surface area contributed by atoms with E-state index in [2.05, 4.69) is 38.7 Å². The fourth-order valence-electron chi connectivity index (χ4n) is 3.93. The lowest BCUT2D eigenvalue weighted by atomic mass is 9.78. The molecule has 1 unspecified atom stereocenters. The third-order valence-electron chi connectivity index (χ3n) is 5.27. The van der Waals surface area contributed by atoms with E-state index in [0.29, 0.717) is 0 Å². The van der Waals surface area contributed by atoms with Crippen LogP contribution in [-0.2, 0) is 10.2 Å². The number of benzene rings is 1. The number of carbonyl (C=O) groups excluding carboxylic acids is 1. The normalized spacial score (nSPS) is 23.6. The van der Waals surface area contributed by atoms with Crippen molar-refractivity contribution in [1.82, 2.24) is 10.6 Å². The Morgan fingerprint density at radius 1 is 1.36 bits per heavy atom. The number of hydrogen-bond donors (Lipinski definition) is 2. The van der Waals surface area contributed by atoms with Crippen molar-refractivity contribution in [2.75, 3.05) is 19.6 Å². The number of nitrogens with one attached hydrogen (secondary N) is 2. The second-order valence-electron chi connectivity index (χ2n) is 6.70. The Morgan fingerprint density at radius 2 is 2.18 bits per heavy atom. The second-order valence-corrected chi connectivity index (χ2v) is 7.62. The third kappa shape index (κ3) is 3.38. The predicted octanol–water partition coefficient (Wildman–Crippen LogP) is 3.38. The maximum Gasteiger partial charge on any atom is 0.230 e. The lowest BCUT2D eigenvalue weighted by Gasteiger charge is -2.28. The molecule has 1 atom stereocenters. The minimum absolute atomic E-state index is 0.231. The lowest BCUT2D eigenvalue weighted by molar-refractivity contribution is -0.126. The van der Waals surface area contributed by atoms with E-state index in [0.717, 1.165) is 62.1 Å². The van der Waals surface area contributed by atoms with Gasteiger partial charge in [0, 0.05) is 11.0 Å². The first-order valence-electron chi connectivity index (χ1n) is 8.46. The molecule has 2 N–H and O–H groups in total. The van der Waals surface area contributed by atoms with Crippen LogP contribution in [0.4, 0.5) is 0 Å². The molecule has 0 bridgehead atoms. The number of rotatable bonds is 5. The summed E-state index contributed by atoms with van der Waals surface area (Å²) >= 11 is 3.54. The Balaban J connectivity index is 1.66. The molecule has 1 saturated heterocycles. The van der Waals surface area contributed by atoms with Gasteiger partial charge in [0.25, 0.3) is 0 Å². The molecule has 0 radical (unpaired) electrons. The first-order chi connectivity index (χ1) is 10.7. The molecule has 120 valence electrons. The van der Waals surface area contributed by atoms with E-state index in [1.165, 1.54) is 12.0 Å². The van der Waals surface area contributed by atoms with Gasteiger partial charge in [-0.2, -0.15) is 0 Å². The largest absolute Gasteiger partial charge is 0.355 e.